The first-order valence-corrected chi connectivity index (χ1v) is 9.53. The summed E-state index contributed by atoms with van der Waals surface area (Å²) in [5.41, 5.74) is 0.793. The molecule has 8 heteroatoms. The fourth-order valence-corrected chi connectivity index (χ4v) is 4.09. The van der Waals surface area contributed by atoms with E-state index in [1.807, 2.05) is 0 Å². The number of aromatic hydroxyl groups is 1. The summed E-state index contributed by atoms with van der Waals surface area (Å²) >= 11 is 0. The molecule has 160 valence electrons. The number of benzene rings is 2. The number of hydrogen-bond donors (Lipinski definition) is 1. The molecule has 4 rings (SSSR count). The van der Waals surface area contributed by atoms with E-state index < -0.39 is 23.3 Å². The number of rotatable bonds is 4. The first kappa shape index (κ1) is 20.5. The Kier molecular flexibility index (Phi) is 4.93. The maximum absolute atomic E-state index is 12.5. The highest BCUT2D eigenvalue weighted by molar-refractivity contribution is 6.09. The van der Waals surface area contributed by atoms with Crippen LogP contribution in [0.1, 0.15) is 46.3 Å². The summed E-state index contributed by atoms with van der Waals surface area (Å²) in [5, 5.41) is 11.1. The van der Waals surface area contributed by atoms with E-state index in [9.17, 15) is 19.5 Å². The van der Waals surface area contributed by atoms with Gasteiger partial charge >= 0.3 is 11.6 Å². The second-order valence-electron chi connectivity index (χ2n) is 7.32. The average Bonchev–Trinajstić information content (AvgIpc) is 2.71. The Hall–Kier alpha value is -3.81. The summed E-state index contributed by atoms with van der Waals surface area (Å²) in [6, 6.07) is 6.41. The second-order valence-corrected chi connectivity index (χ2v) is 7.32. The molecule has 8 nitrogen and oxygen atoms in total. The van der Waals surface area contributed by atoms with Gasteiger partial charge in [-0.25, -0.2) is 4.79 Å². The van der Waals surface area contributed by atoms with E-state index in [2.05, 4.69) is 0 Å². The van der Waals surface area contributed by atoms with Crippen molar-refractivity contribution in [1.29, 1.82) is 0 Å². The summed E-state index contributed by atoms with van der Waals surface area (Å²) in [7, 11) is 3.01. The van der Waals surface area contributed by atoms with Crippen LogP contribution < -0.4 is 19.8 Å². The van der Waals surface area contributed by atoms with Gasteiger partial charge in [0.05, 0.1) is 26.0 Å². The molecule has 2 aromatic carbocycles. The Balaban J connectivity index is 2.12. The lowest BCUT2D eigenvalue weighted by molar-refractivity contribution is -0.135. The number of methoxy groups -OCH3 is 2. The number of aryl methyl sites for hydroxylation is 1. The largest absolute Gasteiger partial charge is 0.506 e. The molecule has 0 saturated carbocycles. The van der Waals surface area contributed by atoms with Crippen molar-refractivity contribution < 1.29 is 33.3 Å². The van der Waals surface area contributed by atoms with Crippen LogP contribution in [0.25, 0.3) is 11.0 Å². The van der Waals surface area contributed by atoms with E-state index in [1.54, 1.807) is 25.1 Å². The van der Waals surface area contributed by atoms with Crippen molar-refractivity contribution >= 4 is 22.7 Å². The number of ketones is 1. The topological polar surface area (TPSA) is 112 Å². The van der Waals surface area contributed by atoms with E-state index in [0.29, 0.717) is 28.2 Å². The number of esters is 1. The van der Waals surface area contributed by atoms with Gasteiger partial charge in [-0.15, -0.1) is 0 Å². The highest BCUT2D eigenvalue weighted by atomic mass is 16.5. The standard InChI is InChI=1S/C23H20O8/c1-10-7-16(25)30-22-18(10)21(27)19(11(2)24)23-20(22)13(9-17(26)31-23)12-5-6-14(28-3)15(8-12)29-4/h5-8,13,27H,9H2,1-4H3/t13-/m1/s1. The molecule has 0 bridgehead atoms. The van der Waals surface area contributed by atoms with Gasteiger partial charge in [0.2, 0.25) is 0 Å². The lowest BCUT2D eigenvalue weighted by Gasteiger charge is -2.28. The zero-order chi connectivity index (χ0) is 22.4. The van der Waals surface area contributed by atoms with Crippen molar-refractivity contribution in [1.82, 2.24) is 0 Å². The van der Waals surface area contributed by atoms with E-state index in [1.165, 1.54) is 27.2 Å². The van der Waals surface area contributed by atoms with E-state index >= 15 is 0 Å². The molecule has 1 aromatic heterocycles. The van der Waals surface area contributed by atoms with Crippen molar-refractivity contribution in [2.45, 2.75) is 26.2 Å². The highest BCUT2D eigenvalue weighted by Gasteiger charge is 2.37. The van der Waals surface area contributed by atoms with Crippen LogP contribution in [0.4, 0.5) is 0 Å². The summed E-state index contributed by atoms with van der Waals surface area (Å²) in [6.07, 6.45) is -0.0582. The van der Waals surface area contributed by atoms with E-state index in [-0.39, 0.29) is 34.5 Å². The van der Waals surface area contributed by atoms with Gasteiger partial charge in [0.1, 0.15) is 16.9 Å². The van der Waals surface area contributed by atoms with Crippen LogP contribution >= 0.6 is 0 Å². The third-order valence-corrected chi connectivity index (χ3v) is 5.45. The van der Waals surface area contributed by atoms with Crippen molar-refractivity contribution in [3.63, 3.8) is 0 Å². The Bertz CT molecular complexity index is 1300. The SMILES string of the molecule is COc1ccc([C@H]2CC(=O)Oc3c(C(C)=O)c(O)c4c(C)cc(=O)oc4c32)cc1OC. The molecule has 0 spiro atoms. The molecule has 31 heavy (non-hydrogen) atoms. The number of fused-ring (bicyclic) bond motifs is 3. The van der Waals surface area contributed by atoms with Crippen LogP contribution in [-0.2, 0) is 4.79 Å². The van der Waals surface area contributed by atoms with Gasteiger partial charge in [0.25, 0.3) is 0 Å². The predicted molar refractivity (Wildman–Crippen MR) is 111 cm³/mol. The highest BCUT2D eigenvalue weighted by Crippen LogP contribution is 2.50. The van der Waals surface area contributed by atoms with Crippen molar-refractivity contribution in [3.8, 4) is 23.0 Å². The van der Waals surface area contributed by atoms with Crippen LogP contribution in [0.3, 0.4) is 0 Å². The molecule has 0 radical (unpaired) electrons. The fraction of sp³-hybridized carbons (Fsp3) is 0.261. The lowest BCUT2D eigenvalue weighted by atomic mass is 9.82. The molecule has 1 aliphatic heterocycles. The minimum Gasteiger partial charge on any atom is -0.506 e. The number of Topliss-reactive ketones (excluding diaryl/α,β-unsaturated/α-hetero) is 1. The number of ether oxygens (including phenoxy) is 3. The predicted octanol–water partition coefficient (Wildman–Crippen LogP) is 3.47. The molecule has 1 atom stereocenters. The second kappa shape index (κ2) is 7.46. The molecular weight excluding hydrogens is 404 g/mol. The van der Waals surface area contributed by atoms with Gasteiger partial charge in [-0.2, -0.15) is 0 Å². The summed E-state index contributed by atoms with van der Waals surface area (Å²) < 4.78 is 21.5. The number of phenols is 1. The molecule has 1 N–H and O–H groups in total. The lowest BCUT2D eigenvalue weighted by Crippen LogP contribution is -2.23. The molecule has 2 heterocycles. The third kappa shape index (κ3) is 3.20. The molecule has 0 amide bonds. The molecule has 0 unspecified atom stereocenters. The Labute approximate surface area is 177 Å². The van der Waals surface area contributed by atoms with Gasteiger partial charge in [0, 0.05) is 17.5 Å². The van der Waals surface area contributed by atoms with Crippen molar-refractivity contribution in [2.75, 3.05) is 14.2 Å². The third-order valence-electron chi connectivity index (χ3n) is 5.45. The van der Waals surface area contributed by atoms with E-state index in [4.69, 9.17) is 18.6 Å². The molecule has 1 aliphatic rings. The first-order chi connectivity index (χ1) is 14.8. The van der Waals surface area contributed by atoms with Crippen LogP contribution in [0.15, 0.2) is 33.5 Å². The van der Waals surface area contributed by atoms with Gasteiger partial charge in [-0.05, 0) is 37.1 Å². The van der Waals surface area contributed by atoms with Crippen molar-refractivity contribution in [3.05, 3.63) is 56.9 Å². The molecular formula is C23H20O8. The van der Waals surface area contributed by atoms with Gasteiger partial charge in [0.15, 0.2) is 23.0 Å². The monoisotopic (exact) mass is 424 g/mol. The zero-order valence-electron chi connectivity index (χ0n) is 17.4. The number of hydrogen-bond acceptors (Lipinski definition) is 8. The summed E-state index contributed by atoms with van der Waals surface area (Å²) in [6.45, 7) is 2.90. The number of carbonyl (C=O) groups excluding carboxylic acids is 2. The first-order valence-electron chi connectivity index (χ1n) is 9.53. The fourth-order valence-electron chi connectivity index (χ4n) is 4.09. The average molecular weight is 424 g/mol. The normalized spacial score (nSPS) is 15.4. The van der Waals surface area contributed by atoms with Gasteiger partial charge in [-0.1, -0.05) is 6.07 Å². The number of carbonyl (C=O) groups is 2. The van der Waals surface area contributed by atoms with Gasteiger partial charge in [-0.3, -0.25) is 9.59 Å². The quantitative estimate of drug-likeness (QED) is 0.293. The summed E-state index contributed by atoms with van der Waals surface area (Å²) in [4.78, 5) is 37.0. The Morgan fingerprint density at radius 2 is 1.84 bits per heavy atom. The van der Waals surface area contributed by atoms with Gasteiger partial charge < -0.3 is 23.7 Å². The maximum atomic E-state index is 12.5. The van der Waals surface area contributed by atoms with Crippen LogP contribution in [0.2, 0.25) is 0 Å². The summed E-state index contributed by atoms with van der Waals surface area (Å²) in [5.74, 6) is -1.20. The van der Waals surface area contributed by atoms with Crippen LogP contribution in [0.5, 0.6) is 23.0 Å². The molecule has 0 saturated heterocycles. The molecule has 0 fully saturated rings. The van der Waals surface area contributed by atoms with Crippen molar-refractivity contribution in [2.24, 2.45) is 0 Å². The zero-order valence-corrected chi connectivity index (χ0v) is 17.4. The van der Waals surface area contributed by atoms with Crippen LogP contribution in [-0.4, -0.2) is 31.1 Å². The van der Waals surface area contributed by atoms with E-state index in [0.717, 1.165) is 0 Å². The maximum Gasteiger partial charge on any atom is 0.336 e. The number of phenolic OH excluding ortho intramolecular Hbond substituents is 1. The molecule has 3 aromatic rings. The minimum atomic E-state index is -0.620. The Morgan fingerprint density at radius 3 is 2.48 bits per heavy atom. The Morgan fingerprint density at radius 1 is 1.13 bits per heavy atom. The molecule has 0 aliphatic carbocycles. The van der Waals surface area contributed by atoms with Crippen LogP contribution in [0, 0.1) is 6.92 Å². The smallest absolute Gasteiger partial charge is 0.336 e. The minimum absolute atomic E-state index is 0.0582.